The molecule has 0 saturated heterocycles. The Morgan fingerprint density at radius 2 is 2.38 bits per heavy atom. The highest BCUT2D eigenvalue weighted by Crippen LogP contribution is 2.21. The molecule has 1 atom stereocenters. The van der Waals surface area contributed by atoms with Crippen LogP contribution in [0.5, 0.6) is 0 Å². The Balaban J connectivity index is 2.20. The molecule has 0 aliphatic rings. The van der Waals surface area contributed by atoms with E-state index in [0.717, 1.165) is 6.42 Å². The zero-order valence-electron chi connectivity index (χ0n) is 9.18. The molecule has 2 rings (SSSR count). The van der Waals surface area contributed by atoms with Crippen molar-refractivity contribution in [3.8, 4) is 0 Å². The largest absolute Gasteiger partial charge is 0.271 e. The molecule has 16 heavy (non-hydrogen) atoms. The first kappa shape index (κ1) is 11.3. The molecule has 0 bridgehead atoms. The standard InChI is InChI=1S/C12H15N3S/c1-9-7-14-4-2-11(9)12(15-13)6-10-3-5-16-8-10/h2-5,7-8,12,15H,6,13H2,1H3. The topological polar surface area (TPSA) is 50.9 Å². The second-order valence-corrected chi connectivity index (χ2v) is 4.57. The molecule has 2 heterocycles. The van der Waals surface area contributed by atoms with Gasteiger partial charge in [-0.2, -0.15) is 11.3 Å². The number of nitrogens with zero attached hydrogens (tertiary/aromatic N) is 1. The summed E-state index contributed by atoms with van der Waals surface area (Å²) in [7, 11) is 0. The minimum Gasteiger partial charge on any atom is -0.271 e. The molecule has 84 valence electrons. The van der Waals surface area contributed by atoms with E-state index in [1.165, 1.54) is 16.7 Å². The Labute approximate surface area is 99.3 Å². The SMILES string of the molecule is Cc1cnccc1C(Cc1ccsc1)NN. The van der Waals surface area contributed by atoms with Gasteiger partial charge in [0.2, 0.25) is 0 Å². The van der Waals surface area contributed by atoms with E-state index >= 15 is 0 Å². The van der Waals surface area contributed by atoms with Crippen LogP contribution in [0.2, 0.25) is 0 Å². The molecule has 0 fully saturated rings. The third-order valence-corrected chi connectivity index (χ3v) is 3.39. The van der Waals surface area contributed by atoms with Crippen molar-refractivity contribution in [3.63, 3.8) is 0 Å². The zero-order valence-corrected chi connectivity index (χ0v) is 10.00. The monoisotopic (exact) mass is 233 g/mol. The van der Waals surface area contributed by atoms with Crippen LogP contribution in [0.15, 0.2) is 35.3 Å². The first-order valence-electron chi connectivity index (χ1n) is 5.19. The second-order valence-electron chi connectivity index (χ2n) is 3.79. The number of aromatic nitrogens is 1. The molecule has 0 spiro atoms. The van der Waals surface area contributed by atoms with Crippen LogP contribution in [-0.4, -0.2) is 4.98 Å². The highest BCUT2D eigenvalue weighted by Gasteiger charge is 2.12. The van der Waals surface area contributed by atoms with Gasteiger partial charge in [0.15, 0.2) is 0 Å². The Hall–Kier alpha value is -1.23. The molecule has 3 N–H and O–H groups in total. The molecule has 2 aromatic heterocycles. The maximum absolute atomic E-state index is 5.62. The summed E-state index contributed by atoms with van der Waals surface area (Å²) in [6.07, 6.45) is 4.58. The summed E-state index contributed by atoms with van der Waals surface area (Å²) in [5.74, 6) is 5.62. The van der Waals surface area contributed by atoms with E-state index in [1.807, 2.05) is 12.3 Å². The van der Waals surface area contributed by atoms with Gasteiger partial charge in [0.1, 0.15) is 0 Å². The van der Waals surface area contributed by atoms with Crippen LogP contribution in [0.4, 0.5) is 0 Å². The van der Waals surface area contributed by atoms with Crippen molar-refractivity contribution in [3.05, 3.63) is 52.0 Å². The van der Waals surface area contributed by atoms with Crippen LogP contribution in [0.25, 0.3) is 0 Å². The lowest BCUT2D eigenvalue weighted by atomic mass is 9.99. The fourth-order valence-electron chi connectivity index (χ4n) is 1.78. The van der Waals surface area contributed by atoms with Gasteiger partial charge in [-0.1, -0.05) is 0 Å². The highest BCUT2D eigenvalue weighted by molar-refractivity contribution is 7.07. The van der Waals surface area contributed by atoms with E-state index in [1.54, 1.807) is 17.5 Å². The van der Waals surface area contributed by atoms with E-state index < -0.39 is 0 Å². The summed E-state index contributed by atoms with van der Waals surface area (Å²) >= 11 is 1.71. The number of hydrogen-bond acceptors (Lipinski definition) is 4. The van der Waals surface area contributed by atoms with Crippen molar-refractivity contribution in [1.29, 1.82) is 0 Å². The van der Waals surface area contributed by atoms with Gasteiger partial charge in [-0.25, -0.2) is 0 Å². The number of nitrogens with one attached hydrogen (secondary N) is 1. The van der Waals surface area contributed by atoms with Crippen molar-refractivity contribution < 1.29 is 0 Å². The number of pyridine rings is 1. The van der Waals surface area contributed by atoms with Crippen molar-refractivity contribution in [2.45, 2.75) is 19.4 Å². The van der Waals surface area contributed by atoms with Gasteiger partial charge in [0.25, 0.3) is 0 Å². The minimum atomic E-state index is 0.151. The fraction of sp³-hybridized carbons (Fsp3) is 0.250. The zero-order chi connectivity index (χ0) is 11.4. The van der Waals surface area contributed by atoms with Gasteiger partial charge in [0, 0.05) is 12.4 Å². The fourth-order valence-corrected chi connectivity index (χ4v) is 2.46. The number of hydrazine groups is 1. The van der Waals surface area contributed by atoms with Crippen molar-refractivity contribution >= 4 is 11.3 Å². The normalized spacial score (nSPS) is 12.6. The summed E-state index contributed by atoms with van der Waals surface area (Å²) in [6.45, 7) is 2.06. The Kier molecular flexibility index (Phi) is 3.66. The van der Waals surface area contributed by atoms with E-state index in [2.05, 4.69) is 34.2 Å². The number of rotatable bonds is 4. The molecule has 0 radical (unpaired) electrons. The average molecular weight is 233 g/mol. The summed E-state index contributed by atoms with van der Waals surface area (Å²) in [6, 6.07) is 4.30. The number of thiophene rings is 1. The molecule has 0 aliphatic heterocycles. The second kappa shape index (κ2) is 5.21. The molecule has 0 saturated carbocycles. The molecule has 4 heteroatoms. The van der Waals surface area contributed by atoms with Crippen LogP contribution >= 0.6 is 11.3 Å². The molecular weight excluding hydrogens is 218 g/mol. The molecule has 3 nitrogen and oxygen atoms in total. The van der Waals surface area contributed by atoms with Crippen molar-refractivity contribution in [1.82, 2.24) is 10.4 Å². The molecule has 0 aliphatic carbocycles. The van der Waals surface area contributed by atoms with E-state index in [9.17, 15) is 0 Å². The van der Waals surface area contributed by atoms with Gasteiger partial charge >= 0.3 is 0 Å². The molecule has 0 aromatic carbocycles. The molecule has 2 aromatic rings. The van der Waals surface area contributed by atoms with Crippen LogP contribution < -0.4 is 11.3 Å². The average Bonchev–Trinajstić information content (AvgIpc) is 2.80. The number of nitrogens with two attached hydrogens (primary N) is 1. The van der Waals surface area contributed by atoms with Crippen molar-refractivity contribution in [2.24, 2.45) is 5.84 Å². The first-order chi connectivity index (χ1) is 7.81. The molecule has 1 unspecified atom stereocenters. The number of hydrogen-bond donors (Lipinski definition) is 2. The maximum Gasteiger partial charge on any atom is 0.0504 e. The summed E-state index contributed by atoms with van der Waals surface area (Å²) < 4.78 is 0. The summed E-state index contributed by atoms with van der Waals surface area (Å²) in [4.78, 5) is 4.09. The van der Waals surface area contributed by atoms with Gasteiger partial charge in [0.05, 0.1) is 6.04 Å². The predicted molar refractivity (Wildman–Crippen MR) is 67.1 cm³/mol. The van der Waals surface area contributed by atoms with Gasteiger partial charge < -0.3 is 0 Å². The molecular formula is C12H15N3S. The van der Waals surface area contributed by atoms with Crippen LogP contribution in [0.1, 0.15) is 22.7 Å². The lowest BCUT2D eigenvalue weighted by molar-refractivity contribution is 0.549. The lowest BCUT2D eigenvalue weighted by Crippen LogP contribution is -2.30. The van der Waals surface area contributed by atoms with E-state index in [-0.39, 0.29) is 6.04 Å². The van der Waals surface area contributed by atoms with E-state index in [0.29, 0.717) is 0 Å². The van der Waals surface area contributed by atoms with Crippen LogP contribution in [-0.2, 0) is 6.42 Å². The summed E-state index contributed by atoms with van der Waals surface area (Å²) in [5, 5.41) is 4.24. The third-order valence-electron chi connectivity index (χ3n) is 2.66. The number of aryl methyl sites for hydroxylation is 1. The van der Waals surface area contributed by atoms with Gasteiger partial charge in [-0.05, 0) is 52.9 Å². The Morgan fingerprint density at radius 3 is 3.00 bits per heavy atom. The highest BCUT2D eigenvalue weighted by atomic mass is 32.1. The van der Waals surface area contributed by atoms with Gasteiger partial charge in [-0.3, -0.25) is 16.3 Å². The Bertz CT molecular complexity index is 439. The van der Waals surface area contributed by atoms with Gasteiger partial charge in [-0.15, -0.1) is 0 Å². The third kappa shape index (κ3) is 2.47. The molecule has 0 amide bonds. The predicted octanol–water partition coefficient (Wildman–Crippen LogP) is 2.20. The van der Waals surface area contributed by atoms with E-state index in [4.69, 9.17) is 5.84 Å². The maximum atomic E-state index is 5.62. The lowest BCUT2D eigenvalue weighted by Gasteiger charge is -2.17. The summed E-state index contributed by atoms with van der Waals surface area (Å²) in [5.41, 5.74) is 6.56. The smallest absolute Gasteiger partial charge is 0.0504 e. The Morgan fingerprint density at radius 1 is 1.50 bits per heavy atom. The first-order valence-corrected chi connectivity index (χ1v) is 6.13. The van der Waals surface area contributed by atoms with Crippen molar-refractivity contribution in [2.75, 3.05) is 0 Å². The van der Waals surface area contributed by atoms with Crippen LogP contribution in [0.3, 0.4) is 0 Å². The quantitative estimate of drug-likeness (QED) is 0.629. The minimum absolute atomic E-state index is 0.151. The van der Waals surface area contributed by atoms with Crippen LogP contribution in [0, 0.1) is 6.92 Å².